The normalized spacial score (nSPS) is 13.9. The van der Waals surface area contributed by atoms with Crippen molar-refractivity contribution in [2.75, 3.05) is 29.9 Å². The van der Waals surface area contributed by atoms with Gasteiger partial charge in [0, 0.05) is 31.7 Å². The fourth-order valence-corrected chi connectivity index (χ4v) is 3.99. The first-order valence-electron chi connectivity index (χ1n) is 10.9. The summed E-state index contributed by atoms with van der Waals surface area (Å²) in [5, 5.41) is 6.07. The molecule has 0 spiro atoms. The summed E-state index contributed by atoms with van der Waals surface area (Å²) in [5.41, 5.74) is 2.88. The molecule has 4 rings (SSSR count). The summed E-state index contributed by atoms with van der Waals surface area (Å²) in [6, 6.07) is 17.3. The molecule has 6 heteroatoms. The van der Waals surface area contributed by atoms with Gasteiger partial charge in [-0.2, -0.15) is 0 Å². The lowest BCUT2D eigenvalue weighted by Crippen LogP contribution is -2.44. The lowest BCUT2D eigenvalue weighted by atomic mass is 10.1. The number of rotatable bonds is 8. The quantitative estimate of drug-likeness (QED) is 0.551. The van der Waals surface area contributed by atoms with E-state index in [1.165, 1.54) is 12.0 Å². The number of hydrogen-bond donors (Lipinski definition) is 2. The first kappa shape index (κ1) is 20.8. The van der Waals surface area contributed by atoms with Crippen LogP contribution < -0.4 is 26.4 Å². The van der Waals surface area contributed by atoms with Crippen molar-refractivity contribution in [3.8, 4) is 0 Å². The SMILES string of the molecule is O=C(NCCc1ccccc1)c1ccc(CNc2c(N3CCCCC3)c(=O)c2=O)cc1. The molecule has 1 aliphatic heterocycles. The minimum Gasteiger partial charge on any atom is -0.376 e. The smallest absolute Gasteiger partial charge is 0.253 e. The van der Waals surface area contributed by atoms with Gasteiger partial charge in [-0.3, -0.25) is 14.4 Å². The summed E-state index contributed by atoms with van der Waals surface area (Å²) in [6.45, 7) is 2.67. The van der Waals surface area contributed by atoms with Gasteiger partial charge in [-0.15, -0.1) is 0 Å². The highest BCUT2D eigenvalue weighted by atomic mass is 16.2. The van der Waals surface area contributed by atoms with E-state index in [2.05, 4.69) is 10.6 Å². The van der Waals surface area contributed by atoms with E-state index in [9.17, 15) is 14.4 Å². The van der Waals surface area contributed by atoms with Crippen LogP contribution in [0.15, 0.2) is 64.2 Å². The summed E-state index contributed by atoms with van der Waals surface area (Å²) in [4.78, 5) is 38.4. The van der Waals surface area contributed by atoms with Crippen LogP contribution in [0.4, 0.5) is 11.4 Å². The number of nitrogens with zero attached hydrogens (tertiary/aromatic N) is 1. The second-order valence-corrected chi connectivity index (χ2v) is 7.97. The van der Waals surface area contributed by atoms with E-state index in [0.29, 0.717) is 30.0 Å². The molecule has 2 N–H and O–H groups in total. The van der Waals surface area contributed by atoms with Crippen LogP contribution in [-0.2, 0) is 13.0 Å². The highest BCUT2D eigenvalue weighted by Crippen LogP contribution is 2.24. The third-order valence-electron chi connectivity index (χ3n) is 5.78. The van der Waals surface area contributed by atoms with E-state index in [0.717, 1.165) is 37.9 Å². The second kappa shape index (κ2) is 9.60. The molecule has 1 heterocycles. The molecule has 0 atom stereocenters. The van der Waals surface area contributed by atoms with Crippen molar-refractivity contribution in [1.29, 1.82) is 0 Å². The van der Waals surface area contributed by atoms with Crippen molar-refractivity contribution in [3.05, 3.63) is 91.7 Å². The molecule has 1 amide bonds. The minimum absolute atomic E-state index is 0.106. The number of amides is 1. The van der Waals surface area contributed by atoms with E-state index in [1.54, 1.807) is 12.1 Å². The topological polar surface area (TPSA) is 78.5 Å². The van der Waals surface area contributed by atoms with Crippen LogP contribution in [0, 0.1) is 0 Å². The van der Waals surface area contributed by atoms with Crippen molar-refractivity contribution in [1.82, 2.24) is 5.32 Å². The van der Waals surface area contributed by atoms with Crippen molar-refractivity contribution in [2.45, 2.75) is 32.2 Å². The maximum atomic E-state index is 12.3. The van der Waals surface area contributed by atoms with Gasteiger partial charge in [0.15, 0.2) is 0 Å². The lowest BCUT2D eigenvalue weighted by Gasteiger charge is -2.30. The van der Waals surface area contributed by atoms with Crippen LogP contribution in [0.25, 0.3) is 0 Å². The molecule has 31 heavy (non-hydrogen) atoms. The Balaban J connectivity index is 1.30. The van der Waals surface area contributed by atoms with Crippen LogP contribution in [-0.4, -0.2) is 25.5 Å². The molecule has 0 aromatic heterocycles. The number of hydrogen-bond acceptors (Lipinski definition) is 5. The van der Waals surface area contributed by atoms with Gasteiger partial charge < -0.3 is 15.5 Å². The zero-order valence-corrected chi connectivity index (χ0v) is 17.5. The molecule has 0 unspecified atom stereocenters. The van der Waals surface area contributed by atoms with Crippen molar-refractivity contribution in [3.63, 3.8) is 0 Å². The first-order chi connectivity index (χ1) is 15.1. The second-order valence-electron chi connectivity index (χ2n) is 7.97. The maximum Gasteiger partial charge on any atom is 0.253 e. The van der Waals surface area contributed by atoms with Crippen LogP contribution in [0.2, 0.25) is 0 Å². The van der Waals surface area contributed by atoms with Gasteiger partial charge in [0.25, 0.3) is 16.8 Å². The monoisotopic (exact) mass is 417 g/mol. The Hall–Kier alpha value is -3.41. The summed E-state index contributed by atoms with van der Waals surface area (Å²) < 4.78 is 0. The van der Waals surface area contributed by atoms with Crippen LogP contribution >= 0.6 is 0 Å². The van der Waals surface area contributed by atoms with Crippen molar-refractivity contribution < 1.29 is 4.79 Å². The molecule has 6 nitrogen and oxygen atoms in total. The van der Waals surface area contributed by atoms with Gasteiger partial charge in [-0.25, -0.2) is 0 Å². The Morgan fingerprint density at radius 1 is 0.839 bits per heavy atom. The zero-order chi connectivity index (χ0) is 21.6. The van der Waals surface area contributed by atoms with E-state index >= 15 is 0 Å². The number of anilines is 2. The predicted molar refractivity (Wildman–Crippen MR) is 124 cm³/mol. The average molecular weight is 418 g/mol. The molecule has 1 fully saturated rings. The Kier molecular flexibility index (Phi) is 6.46. The molecule has 0 saturated carbocycles. The fourth-order valence-electron chi connectivity index (χ4n) is 3.99. The van der Waals surface area contributed by atoms with E-state index < -0.39 is 5.43 Å². The standard InChI is InChI=1S/C25H27N3O3/c29-23-21(22(24(23)30)28-15-5-2-6-16-28)27-17-19-9-11-20(12-10-19)25(31)26-14-13-18-7-3-1-4-8-18/h1,3-4,7-12,27H,2,5-6,13-17H2,(H,26,31). The Morgan fingerprint density at radius 2 is 1.55 bits per heavy atom. The van der Waals surface area contributed by atoms with Crippen LogP contribution in [0.5, 0.6) is 0 Å². The number of carbonyl (C=O) groups is 1. The van der Waals surface area contributed by atoms with E-state index in [-0.39, 0.29) is 11.3 Å². The summed E-state index contributed by atoms with van der Waals surface area (Å²) >= 11 is 0. The van der Waals surface area contributed by atoms with Gasteiger partial charge in [0.1, 0.15) is 11.4 Å². The minimum atomic E-state index is -0.435. The largest absolute Gasteiger partial charge is 0.376 e. The predicted octanol–water partition coefficient (Wildman–Crippen LogP) is 2.86. The highest BCUT2D eigenvalue weighted by Gasteiger charge is 2.26. The third-order valence-corrected chi connectivity index (χ3v) is 5.78. The number of benzene rings is 2. The average Bonchev–Trinajstić information content (AvgIpc) is 2.82. The van der Waals surface area contributed by atoms with Crippen LogP contribution in [0.3, 0.4) is 0 Å². The van der Waals surface area contributed by atoms with E-state index in [4.69, 9.17) is 0 Å². The molecular weight excluding hydrogens is 390 g/mol. The number of piperidine rings is 1. The van der Waals surface area contributed by atoms with Gasteiger partial charge in [-0.05, 0) is 48.9 Å². The molecule has 3 aromatic rings. The molecule has 1 aliphatic rings. The Morgan fingerprint density at radius 3 is 2.26 bits per heavy atom. The first-order valence-corrected chi connectivity index (χ1v) is 10.9. The van der Waals surface area contributed by atoms with Gasteiger partial charge >= 0.3 is 0 Å². The highest BCUT2D eigenvalue weighted by molar-refractivity contribution is 5.94. The summed E-state index contributed by atoms with van der Waals surface area (Å²) in [5.74, 6) is -0.106. The zero-order valence-electron chi connectivity index (χ0n) is 17.5. The van der Waals surface area contributed by atoms with E-state index in [1.807, 2.05) is 47.4 Å². The maximum absolute atomic E-state index is 12.3. The van der Waals surface area contributed by atoms with Crippen molar-refractivity contribution >= 4 is 17.3 Å². The number of nitrogens with one attached hydrogen (secondary N) is 2. The fraction of sp³-hybridized carbons (Fsp3) is 0.320. The van der Waals surface area contributed by atoms with Gasteiger partial charge in [0.2, 0.25) is 0 Å². The van der Waals surface area contributed by atoms with Crippen molar-refractivity contribution in [2.24, 2.45) is 0 Å². The Labute approximate surface area is 181 Å². The Bertz CT molecular complexity index is 1090. The molecular formula is C25H27N3O3. The summed E-state index contributed by atoms with van der Waals surface area (Å²) in [6.07, 6.45) is 4.05. The molecule has 3 aromatic carbocycles. The molecule has 0 aliphatic carbocycles. The molecule has 1 saturated heterocycles. The number of carbonyl (C=O) groups excluding carboxylic acids is 1. The summed E-state index contributed by atoms with van der Waals surface area (Å²) in [7, 11) is 0. The third kappa shape index (κ3) is 4.85. The van der Waals surface area contributed by atoms with Gasteiger partial charge in [0.05, 0.1) is 0 Å². The molecule has 160 valence electrons. The lowest BCUT2D eigenvalue weighted by molar-refractivity contribution is 0.0954. The molecule has 0 bridgehead atoms. The molecule has 0 radical (unpaired) electrons. The van der Waals surface area contributed by atoms with Gasteiger partial charge in [-0.1, -0.05) is 42.5 Å². The van der Waals surface area contributed by atoms with Crippen LogP contribution in [0.1, 0.15) is 40.7 Å².